The summed E-state index contributed by atoms with van der Waals surface area (Å²) in [5.41, 5.74) is 0. The number of rotatable bonds is 3. The van der Waals surface area contributed by atoms with Gasteiger partial charge in [0, 0.05) is 42.2 Å². The van der Waals surface area contributed by atoms with E-state index < -0.39 is 12.0 Å². The molecule has 59 valence electrons. The minimum Gasteiger partial charge on any atom is -0.480 e. The summed E-state index contributed by atoms with van der Waals surface area (Å²) < 4.78 is 0. The molecular weight excluding hydrogens is 177 g/mol. The molecule has 0 aromatic rings. The maximum atomic E-state index is 10.3. The van der Waals surface area contributed by atoms with Gasteiger partial charge in [0.25, 0.3) is 0 Å². The molecule has 1 amide bonds. The van der Waals surface area contributed by atoms with Crippen LogP contribution in [0.1, 0.15) is 6.92 Å². The number of amides is 1. The van der Waals surface area contributed by atoms with Gasteiger partial charge in [0.05, 0.1) is 0 Å². The molecule has 0 bridgehead atoms. The summed E-state index contributed by atoms with van der Waals surface area (Å²) in [7, 11) is 0. The topological polar surface area (TPSA) is 66.4 Å². The Balaban J connectivity index is 0. The van der Waals surface area contributed by atoms with Gasteiger partial charge in [0.15, 0.2) is 0 Å². The summed E-state index contributed by atoms with van der Waals surface area (Å²) in [4.78, 5) is 20.5. The number of aliphatic carboxylic acids is 1. The summed E-state index contributed by atoms with van der Waals surface area (Å²) in [5.74, 6) is -1.32. The number of carbonyl (C=O) groups is 2. The minimum atomic E-state index is -1.06. The fraction of sp³-hybridized carbons (Fsp3) is 0.600. The van der Waals surface area contributed by atoms with Gasteiger partial charge in [0.1, 0.15) is 6.04 Å². The number of carboxylic acids is 1. The predicted octanol–water partition coefficient (Wildman–Crippen LogP) is -0.875. The molecule has 0 aliphatic carbocycles. The average Bonchev–Trinajstić information content (AvgIpc) is 1.81. The Labute approximate surface area is 92.4 Å². The first-order valence-electron chi connectivity index (χ1n) is 2.68. The quantitative estimate of drug-likeness (QED) is 0.396. The molecule has 0 aromatic heterocycles. The van der Waals surface area contributed by atoms with Gasteiger partial charge in [-0.3, -0.25) is 4.79 Å². The molecule has 0 aliphatic rings. The Kier molecular flexibility index (Phi) is 8.77. The van der Waals surface area contributed by atoms with Crippen molar-refractivity contribution in [3.63, 3.8) is 0 Å². The van der Waals surface area contributed by atoms with Crippen molar-refractivity contribution in [3.05, 3.63) is 0 Å². The third-order valence-corrected chi connectivity index (χ3v) is 1.22. The van der Waals surface area contributed by atoms with Crippen LogP contribution in [-0.2, 0) is 9.59 Å². The van der Waals surface area contributed by atoms with E-state index in [0.717, 1.165) is 0 Å². The van der Waals surface area contributed by atoms with E-state index in [2.05, 4.69) is 17.9 Å². The second-order valence-corrected chi connectivity index (χ2v) is 2.14. The predicted molar refractivity (Wildman–Crippen MR) is 44.8 cm³/mol. The summed E-state index contributed by atoms with van der Waals surface area (Å²) in [5, 5.41) is 10.6. The summed E-state index contributed by atoms with van der Waals surface area (Å²) in [6.07, 6.45) is 0. The zero-order valence-electron chi connectivity index (χ0n) is 6.50. The molecule has 0 rings (SSSR count). The first kappa shape index (κ1) is 13.9. The molecule has 0 spiro atoms. The third kappa shape index (κ3) is 6.68. The zero-order valence-corrected chi connectivity index (χ0v) is 9.39. The Hall–Kier alpha value is 0.290. The van der Waals surface area contributed by atoms with E-state index in [1.165, 1.54) is 6.92 Å². The van der Waals surface area contributed by atoms with Crippen LogP contribution in [0.4, 0.5) is 0 Å². The van der Waals surface area contributed by atoms with Crippen molar-refractivity contribution in [2.45, 2.75) is 13.0 Å². The Bertz CT molecular complexity index is 153. The number of carbonyl (C=O) groups excluding carboxylic acids is 1. The van der Waals surface area contributed by atoms with E-state index in [1.54, 1.807) is 0 Å². The van der Waals surface area contributed by atoms with E-state index >= 15 is 0 Å². The fourth-order valence-corrected chi connectivity index (χ4v) is 0.678. The van der Waals surface area contributed by atoms with Crippen LogP contribution in [0.2, 0.25) is 0 Å². The molecule has 6 heteroatoms. The number of hydrogen-bond donors (Lipinski definition) is 3. The Morgan fingerprint density at radius 1 is 1.64 bits per heavy atom. The van der Waals surface area contributed by atoms with E-state index in [0.29, 0.717) is 0 Å². The van der Waals surface area contributed by atoms with Crippen LogP contribution in [0.5, 0.6) is 0 Å². The van der Waals surface area contributed by atoms with E-state index in [-0.39, 0.29) is 41.2 Å². The molecule has 11 heavy (non-hydrogen) atoms. The molecule has 0 aliphatic heterocycles. The van der Waals surface area contributed by atoms with Crippen LogP contribution in [0, 0.1) is 0 Å². The van der Waals surface area contributed by atoms with E-state index in [9.17, 15) is 9.59 Å². The van der Waals surface area contributed by atoms with Crippen molar-refractivity contribution in [2.75, 3.05) is 5.75 Å². The summed E-state index contributed by atoms with van der Waals surface area (Å²) >= 11 is 3.73. The van der Waals surface area contributed by atoms with Crippen LogP contribution in [0.25, 0.3) is 0 Å². The van der Waals surface area contributed by atoms with Crippen LogP contribution in [0.15, 0.2) is 0 Å². The van der Waals surface area contributed by atoms with Gasteiger partial charge >= 0.3 is 5.97 Å². The normalized spacial score (nSPS) is 11.1. The molecular formula is C5H9NNaO3S. The van der Waals surface area contributed by atoms with Gasteiger partial charge < -0.3 is 10.4 Å². The molecule has 0 heterocycles. The maximum absolute atomic E-state index is 10.3. The second-order valence-electron chi connectivity index (χ2n) is 1.77. The molecule has 0 aromatic carbocycles. The van der Waals surface area contributed by atoms with E-state index in [4.69, 9.17) is 5.11 Å². The van der Waals surface area contributed by atoms with Crippen molar-refractivity contribution in [2.24, 2.45) is 0 Å². The fourth-order valence-electron chi connectivity index (χ4n) is 0.431. The zero-order chi connectivity index (χ0) is 8.15. The number of hydrogen-bond acceptors (Lipinski definition) is 3. The van der Waals surface area contributed by atoms with Gasteiger partial charge in [-0.15, -0.1) is 0 Å². The molecule has 4 nitrogen and oxygen atoms in total. The minimum absolute atomic E-state index is 0. The van der Waals surface area contributed by atoms with Crippen LogP contribution < -0.4 is 5.32 Å². The largest absolute Gasteiger partial charge is 0.480 e. The van der Waals surface area contributed by atoms with Gasteiger partial charge in [-0.2, -0.15) is 12.6 Å². The van der Waals surface area contributed by atoms with E-state index in [1.807, 2.05) is 0 Å². The number of thiol groups is 1. The Morgan fingerprint density at radius 2 is 2.09 bits per heavy atom. The molecule has 1 atom stereocenters. The van der Waals surface area contributed by atoms with Gasteiger partial charge in [-0.25, -0.2) is 4.79 Å². The second kappa shape index (κ2) is 6.97. The molecule has 0 fully saturated rings. The molecule has 1 radical (unpaired) electrons. The van der Waals surface area contributed by atoms with Crippen LogP contribution in [0.3, 0.4) is 0 Å². The van der Waals surface area contributed by atoms with Crippen LogP contribution >= 0.6 is 12.6 Å². The van der Waals surface area contributed by atoms with Crippen molar-refractivity contribution in [1.29, 1.82) is 0 Å². The van der Waals surface area contributed by atoms with Gasteiger partial charge in [0.2, 0.25) is 5.91 Å². The van der Waals surface area contributed by atoms with Crippen molar-refractivity contribution >= 4 is 54.1 Å². The van der Waals surface area contributed by atoms with Crippen molar-refractivity contribution in [1.82, 2.24) is 5.32 Å². The molecule has 2 N–H and O–H groups in total. The number of nitrogens with one attached hydrogen (secondary N) is 1. The average molecular weight is 186 g/mol. The van der Waals surface area contributed by atoms with Crippen LogP contribution in [-0.4, -0.2) is 58.3 Å². The van der Waals surface area contributed by atoms with Gasteiger partial charge in [-0.05, 0) is 0 Å². The summed E-state index contributed by atoms with van der Waals surface area (Å²) in [6.45, 7) is 1.26. The third-order valence-electron chi connectivity index (χ3n) is 0.858. The molecule has 0 unspecified atom stereocenters. The first-order valence-corrected chi connectivity index (χ1v) is 3.32. The van der Waals surface area contributed by atoms with Crippen molar-refractivity contribution < 1.29 is 14.7 Å². The Morgan fingerprint density at radius 3 is 2.18 bits per heavy atom. The maximum Gasteiger partial charge on any atom is 0.327 e. The molecule has 0 saturated heterocycles. The smallest absolute Gasteiger partial charge is 0.327 e. The number of carboxylic acid groups (broad SMARTS) is 1. The molecule has 0 saturated carbocycles. The standard InChI is InChI=1S/C5H9NO3S.Na/c1-3(7)6-4(2-10)5(8)9;/h4,10H,2H2,1H3,(H,6,7)(H,8,9);/t4-;/m0./s1. The SMILES string of the molecule is CC(=O)N[C@@H](CS)C(=O)O.[Na]. The van der Waals surface area contributed by atoms with Crippen molar-refractivity contribution in [3.8, 4) is 0 Å². The summed E-state index contributed by atoms with van der Waals surface area (Å²) in [6, 6.07) is -0.874. The first-order chi connectivity index (χ1) is 4.57. The van der Waals surface area contributed by atoms with Gasteiger partial charge in [-0.1, -0.05) is 0 Å². The monoisotopic (exact) mass is 186 g/mol.